The predicted octanol–water partition coefficient (Wildman–Crippen LogP) is 3.00. The number of hydrogen-bond acceptors (Lipinski definition) is 4. The number of piperidine rings is 1. The van der Waals surface area contributed by atoms with E-state index >= 15 is 0 Å². The van der Waals surface area contributed by atoms with Gasteiger partial charge in [-0.3, -0.25) is 4.79 Å². The first-order valence-electron chi connectivity index (χ1n) is 8.82. The van der Waals surface area contributed by atoms with Crippen molar-refractivity contribution in [3.8, 4) is 0 Å². The molecule has 6 nitrogen and oxygen atoms in total. The van der Waals surface area contributed by atoms with E-state index in [1.165, 1.54) is 16.4 Å². The Morgan fingerprint density at radius 3 is 2.35 bits per heavy atom. The van der Waals surface area contributed by atoms with Gasteiger partial charge >= 0.3 is 0 Å². The molecule has 1 saturated heterocycles. The zero-order chi connectivity index (χ0) is 18.7. The van der Waals surface area contributed by atoms with Gasteiger partial charge in [0.1, 0.15) is 11.5 Å². The van der Waals surface area contributed by atoms with Gasteiger partial charge in [-0.05, 0) is 57.0 Å². The van der Waals surface area contributed by atoms with Crippen LogP contribution in [0, 0.1) is 13.8 Å². The van der Waals surface area contributed by atoms with Gasteiger partial charge < -0.3 is 9.73 Å². The lowest BCUT2D eigenvalue weighted by Gasteiger charge is -2.25. The Balaban J connectivity index is 1.66. The lowest BCUT2D eigenvalue weighted by atomic mass is 10.2. The van der Waals surface area contributed by atoms with Crippen LogP contribution in [0.2, 0.25) is 0 Å². The molecular formula is C19H24N2O4S. The maximum absolute atomic E-state index is 12.6. The standard InChI is InChI=1S/C19H24N2O4S/c1-14-12-17(15(2)25-14)13-20-19(22)16-6-8-18(9-7-16)26(23,24)21-10-4-3-5-11-21/h6-9,12H,3-5,10-11,13H2,1-2H3,(H,20,22). The van der Waals surface area contributed by atoms with Gasteiger partial charge in [-0.1, -0.05) is 6.42 Å². The lowest BCUT2D eigenvalue weighted by molar-refractivity contribution is 0.0950. The summed E-state index contributed by atoms with van der Waals surface area (Å²) in [5.74, 6) is 1.34. The van der Waals surface area contributed by atoms with Gasteiger partial charge in [-0.15, -0.1) is 0 Å². The van der Waals surface area contributed by atoms with Crippen LogP contribution >= 0.6 is 0 Å². The number of nitrogens with zero attached hydrogens (tertiary/aromatic N) is 1. The highest BCUT2D eigenvalue weighted by atomic mass is 32.2. The minimum Gasteiger partial charge on any atom is -0.466 e. The molecule has 0 unspecified atom stereocenters. The molecule has 1 fully saturated rings. The van der Waals surface area contributed by atoms with Crippen LogP contribution in [0.1, 0.15) is 46.7 Å². The van der Waals surface area contributed by atoms with Gasteiger partial charge in [-0.2, -0.15) is 4.31 Å². The molecule has 0 saturated carbocycles. The van der Waals surface area contributed by atoms with Crippen LogP contribution in [0.5, 0.6) is 0 Å². The highest BCUT2D eigenvalue weighted by molar-refractivity contribution is 7.89. The molecule has 1 aliphatic rings. The molecule has 26 heavy (non-hydrogen) atoms. The molecule has 0 atom stereocenters. The minimum atomic E-state index is -3.47. The molecule has 0 bridgehead atoms. The number of benzene rings is 1. The molecule has 0 aliphatic carbocycles. The predicted molar refractivity (Wildman–Crippen MR) is 98.4 cm³/mol. The molecule has 1 N–H and O–H groups in total. The summed E-state index contributed by atoms with van der Waals surface area (Å²) in [6, 6.07) is 8.02. The second-order valence-electron chi connectivity index (χ2n) is 6.61. The van der Waals surface area contributed by atoms with Crippen LogP contribution in [-0.4, -0.2) is 31.7 Å². The van der Waals surface area contributed by atoms with Gasteiger partial charge in [0.25, 0.3) is 5.91 Å². The zero-order valence-corrected chi connectivity index (χ0v) is 15.9. The molecule has 2 aromatic rings. The number of furan rings is 1. The first-order valence-corrected chi connectivity index (χ1v) is 10.3. The van der Waals surface area contributed by atoms with Crippen LogP contribution in [0.25, 0.3) is 0 Å². The second-order valence-corrected chi connectivity index (χ2v) is 8.55. The van der Waals surface area contributed by atoms with Crippen molar-refractivity contribution in [3.05, 3.63) is 53.0 Å². The van der Waals surface area contributed by atoms with Crippen molar-refractivity contribution in [1.82, 2.24) is 9.62 Å². The summed E-state index contributed by atoms with van der Waals surface area (Å²) in [7, 11) is -3.47. The average molecular weight is 376 g/mol. The Hall–Kier alpha value is -2.12. The highest BCUT2D eigenvalue weighted by Crippen LogP contribution is 2.21. The summed E-state index contributed by atoms with van der Waals surface area (Å²) in [4.78, 5) is 12.5. The molecular weight excluding hydrogens is 352 g/mol. The molecule has 0 spiro atoms. The molecule has 1 aliphatic heterocycles. The Labute approximate surface area is 154 Å². The molecule has 1 aromatic heterocycles. The zero-order valence-electron chi connectivity index (χ0n) is 15.1. The number of hydrogen-bond donors (Lipinski definition) is 1. The lowest BCUT2D eigenvalue weighted by Crippen LogP contribution is -2.35. The van der Waals surface area contributed by atoms with Crippen molar-refractivity contribution < 1.29 is 17.6 Å². The fourth-order valence-corrected chi connectivity index (χ4v) is 4.69. The quantitative estimate of drug-likeness (QED) is 0.870. The molecule has 0 radical (unpaired) electrons. The third-order valence-corrected chi connectivity index (χ3v) is 6.57. The van der Waals surface area contributed by atoms with E-state index in [0.717, 1.165) is 36.3 Å². The first-order chi connectivity index (χ1) is 12.4. The van der Waals surface area contributed by atoms with Crippen LogP contribution < -0.4 is 5.32 Å². The largest absolute Gasteiger partial charge is 0.466 e. The van der Waals surface area contributed by atoms with Crippen molar-refractivity contribution in [1.29, 1.82) is 0 Å². The number of rotatable bonds is 5. The van der Waals surface area contributed by atoms with Crippen molar-refractivity contribution in [2.45, 2.75) is 44.6 Å². The fraction of sp³-hybridized carbons (Fsp3) is 0.421. The average Bonchev–Trinajstić information content (AvgIpc) is 2.97. The summed E-state index contributed by atoms with van der Waals surface area (Å²) >= 11 is 0. The number of carbonyl (C=O) groups excluding carboxylic acids is 1. The number of nitrogens with one attached hydrogen (secondary N) is 1. The maximum Gasteiger partial charge on any atom is 0.251 e. The van der Waals surface area contributed by atoms with Crippen LogP contribution in [0.15, 0.2) is 39.6 Å². The van der Waals surface area contributed by atoms with Gasteiger partial charge in [0.2, 0.25) is 10.0 Å². The second kappa shape index (κ2) is 7.63. The van der Waals surface area contributed by atoms with E-state index in [1.54, 1.807) is 12.1 Å². The molecule has 1 amide bonds. The molecule has 3 rings (SSSR count). The van der Waals surface area contributed by atoms with Gasteiger partial charge in [0, 0.05) is 30.8 Å². The SMILES string of the molecule is Cc1cc(CNC(=O)c2ccc(S(=O)(=O)N3CCCCC3)cc2)c(C)o1. The van der Waals surface area contributed by atoms with Crippen LogP contribution in [0.4, 0.5) is 0 Å². The third kappa shape index (κ3) is 3.99. The Morgan fingerprint density at radius 2 is 1.77 bits per heavy atom. The van der Waals surface area contributed by atoms with E-state index in [9.17, 15) is 13.2 Å². The summed E-state index contributed by atoms with van der Waals surface area (Å²) in [6.07, 6.45) is 2.86. The summed E-state index contributed by atoms with van der Waals surface area (Å²) in [6.45, 7) is 5.21. The molecule has 7 heteroatoms. The molecule has 1 aromatic carbocycles. The third-order valence-electron chi connectivity index (χ3n) is 4.65. The summed E-state index contributed by atoms with van der Waals surface area (Å²) in [5.41, 5.74) is 1.36. The Bertz CT molecular complexity index is 879. The summed E-state index contributed by atoms with van der Waals surface area (Å²) < 4.78 is 32.2. The number of aryl methyl sites for hydroxylation is 2. The van der Waals surface area contributed by atoms with Crippen LogP contribution in [-0.2, 0) is 16.6 Å². The van der Waals surface area contributed by atoms with E-state index in [2.05, 4.69) is 5.32 Å². The van der Waals surface area contributed by atoms with E-state index in [0.29, 0.717) is 25.2 Å². The maximum atomic E-state index is 12.6. The molecule has 2 heterocycles. The number of amides is 1. The Kier molecular flexibility index (Phi) is 5.48. The van der Waals surface area contributed by atoms with Crippen LogP contribution in [0.3, 0.4) is 0 Å². The van der Waals surface area contributed by atoms with Gasteiger partial charge in [0.05, 0.1) is 4.90 Å². The van der Waals surface area contributed by atoms with Crippen molar-refractivity contribution in [2.75, 3.05) is 13.1 Å². The topological polar surface area (TPSA) is 79.6 Å². The van der Waals surface area contributed by atoms with E-state index < -0.39 is 10.0 Å². The van der Waals surface area contributed by atoms with Gasteiger partial charge in [0.15, 0.2) is 0 Å². The molecule has 140 valence electrons. The highest BCUT2D eigenvalue weighted by Gasteiger charge is 2.25. The number of carbonyl (C=O) groups is 1. The van der Waals surface area contributed by atoms with E-state index in [4.69, 9.17) is 4.42 Å². The summed E-state index contributed by atoms with van der Waals surface area (Å²) in [5, 5.41) is 2.83. The van der Waals surface area contributed by atoms with Crippen molar-refractivity contribution >= 4 is 15.9 Å². The van der Waals surface area contributed by atoms with Crippen molar-refractivity contribution in [3.63, 3.8) is 0 Å². The van der Waals surface area contributed by atoms with Crippen molar-refractivity contribution in [2.24, 2.45) is 0 Å². The Morgan fingerprint density at radius 1 is 1.12 bits per heavy atom. The fourth-order valence-electron chi connectivity index (χ4n) is 3.17. The van der Waals surface area contributed by atoms with E-state index in [1.807, 2.05) is 19.9 Å². The van der Waals surface area contributed by atoms with Gasteiger partial charge in [-0.25, -0.2) is 8.42 Å². The number of sulfonamides is 1. The minimum absolute atomic E-state index is 0.234. The first kappa shape index (κ1) is 18.7. The van der Waals surface area contributed by atoms with E-state index in [-0.39, 0.29) is 10.8 Å². The normalized spacial score (nSPS) is 15.8. The monoisotopic (exact) mass is 376 g/mol. The smallest absolute Gasteiger partial charge is 0.251 e.